The first-order chi connectivity index (χ1) is 9.39. The number of halogens is 2. The Morgan fingerprint density at radius 2 is 2.15 bits per heavy atom. The number of ether oxygens (including phenoxy) is 1. The summed E-state index contributed by atoms with van der Waals surface area (Å²) in [7, 11) is 1.18. The van der Waals surface area contributed by atoms with Gasteiger partial charge in [-0.05, 0) is 12.1 Å². The van der Waals surface area contributed by atoms with Gasteiger partial charge in [-0.25, -0.2) is 9.18 Å². The lowest BCUT2D eigenvalue weighted by Gasteiger charge is -2.42. The van der Waals surface area contributed by atoms with Gasteiger partial charge in [-0.1, -0.05) is 17.7 Å². The highest BCUT2D eigenvalue weighted by Crippen LogP contribution is 2.34. The van der Waals surface area contributed by atoms with Gasteiger partial charge in [-0.3, -0.25) is 4.79 Å². The molecule has 5 nitrogen and oxygen atoms in total. The molecule has 0 radical (unpaired) electrons. The van der Waals surface area contributed by atoms with Crippen molar-refractivity contribution in [1.82, 2.24) is 5.32 Å². The topological polar surface area (TPSA) is 75.6 Å². The van der Waals surface area contributed by atoms with Gasteiger partial charge in [0.1, 0.15) is 5.54 Å². The van der Waals surface area contributed by atoms with Crippen LogP contribution in [0.15, 0.2) is 18.2 Å². The number of benzene rings is 1. The molecule has 20 heavy (non-hydrogen) atoms. The molecule has 0 spiro atoms. The summed E-state index contributed by atoms with van der Waals surface area (Å²) in [6.07, 6.45) is -0.625. The van der Waals surface area contributed by atoms with Crippen molar-refractivity contribution in [3.05, 3.63) is 34.6 Å². The summed E-state index contributed by atoms with van der Waals surface area (Å²) in [5.41, 5.74) is -1.57. The van der Waals surface area contributed by atoms with E-state index < -0.39 is 29.3 Å². The van der Waals surface area contributed by atoms with Crippen molar-refractivity contribution in [3.63, 3.8) is 0 Å². The number of nitrogens with one attached hydrogen (secondary N) is 1. The summed E-state index contributed by atoms with van der Waals surface area (Å²) < 4.78 is 18.4. The standard InChI is InChI=1S/C13H13ClFNO4/c1-20-12(19)13(5-7(17)6-13)16-11(18)8-3-2-4-9(14)10(8)15/h2-4,7,17H,5-6H2,1H3,(H,16,18). The molecule has 108 valence electrons. The quantitative estimate of drug-likeness (QED) is 0.825. The number of amides is 1. The summed E-state index contributed by atoms with van der Waals surface area (Å²) in [5, 5.41) is 11.6. The second-order valence-electron chi connectivity index (χ2n) is 4.69. The van der Waals surface area contributed by atoms with Gasteiger partial charge in [0.25, 0.3) is 5.91 Å². The van der Waals surface area contributed by atoms with E-state index in [2.05, 4.69) is 10.1 Å². The van der Waals surface area contributed by atoms with Gasteiger partial charge in [0, 0.05) is 12.8 Å². The molecule has 0 heterocycles. The predicted octanol–water partition coefficient (Wildman–Crippen LogP) is 1.28. The van der Waals surface area contributed by atoms with Crippen LogP contribution < -0.4 is 5.32 Å². The molecule has 0 saturated heterocycles. The maximum atomic E-state index is 13.8. The zero-order chi connectivity index (χ0) is 14.9. The van der Waals surface area contributed by atoms with Crippen molar-refractivity contribution in [2.45, 2.75) is 24.5 Å². The minimum atomic E-state index is -1.31. The summed E-state index contributed by atoms with van der Waals surface area (Å²) in [6.45, 7) is 0. The van der Waals surface area contributed by atoms with Gasteiger partial charge in [0.05, 0.1) is 23.8 Å². The molecule has 1 fully saturated rings. The largest absolute Gasteiger partial charge is 0.467 e. The number of esters is 1. The van der Waals surface area contributed by atoms with E-state index in [-0.39, 0.29) is 23.4 Å². The lowest BCUT2D eigenvalue weighted by atomic mass is 9.74. The van der Waals surface area contributed by atoms with Crippen LogP contribution in [0.2, 0.25) is 5.02 Å². The fraction of sp³-hybridized carbons (Fsp3) is 0.385. The van der Waals surface area contributed by atoms with Crippen LogP contribution in [0.1, 0.15) is 23.2 Å². The van der Waals surface area contributed by atoms with Crippen LogP contribution in [0.25, 0.3) is 0 Å². The molecular formula is C13H13ClFNO4. The number of hydrogen-bond donors (Lipinski definition) is 2. The van der Waals surface area contributed by atoms with Crippen LogP contribution in [0.4, 0.5) is 4.39 Å². The highest BCUT2D eigenvalue weighted by atomic mass is 35.5. The van der Waals surface area contributed by atoms with Crippen molar-refractivity contribution in [1.29, 1.82) is 0 Å². The number of aliphatic hydroxyl groups is 1. The molecule has 1 amide bonds. The van der Waals surface area contributed by atoms with Gasteiger partial charge in [0.15, 0.2) is 5.82 Å². The third kappa shape index (κ3) is 2.48. The minimum Gasteiger partial charge on any atom is -0.467 e. The Morgan fingerprint density at radius 1 is 1.50 bits per heavy atom. The monoisotopic (exact) mass is 301 g/mol. The number of carbonyl (C=O) groups is 2. The molecule has 2 N–H and O–H groups in total. The number of hydrogen-bond acceptors (Lipinski definition) is 4. The summed E-state index contributed by atoms with van der Waals surface area (Å²) in [4.78, 5) is 23.8. The third-order valence-corrected chi connectivity index (χ3v) is 3.59. The lowest BCUT2D eigenvalue weighted by Crippen LogP contribution is -2.64. The van der Waals surface area contributed by atoms with Gasteiger partial charge >= 0.3 is 5.97 Å². The highest BCUT2D eigenvalue weighted by Gasteiger charge is 2.52. The SMILES string of the molecule is COC(=O)C1(NC(=O)c2cccc(Cl)c2F)CC(O)C1. The van der Waals surface area contributed by atoms with Crippen LogP contribution in [0.5, 0.6) is 0 Å². The number of rotatable bonds is 3. The van der Waals surface area contributed by atoms with Crippen LogP contribution in [-0.2, 0) is 9.53 Å². The Hall–Kier alpha value is -1.66. The first kappa shape index (κ1) is 14.7. The second kappa shape index (κ2) is 5.38. The normalized spacial score (nSPS) is 24.7. The fourth-order valence-corrected chi connectivity index (χ4v) is 2.40. The molecular weight excluding hydrogens is 289 g/mol. The molecule has 1 aliphatic carbocycles. The average molecular weight is 302 g/mol. The molecule has 1 saturated carbocycles. The number of methoxy groups -OCH3 is 1. The summed E-state index contributed by atoms with van der Waals surface area (Å²) in [6, 6.07) is 4.01. The van der Waals surface area contributed by atoms with Gasteiger partial charge < -0.3 is 15.2 Å². The zero-order valence-corrected chi connectivity index (χ0v) is 11.4. The fourth-order valence-electron chi connectivity index (χ4n) is 2.22. The summed E-state index contributed by atoms with van der Waals surface area (Å²) >= 11 is 5.60. The van der Waals surface area contributed by atoms with Crippen LogP contribution in [0.3, 0.4) is 0 Å². The third-order valence-electron chi connectivity index (χ3n) is 3.29. The van der Waals surface area contributed by atoms with E-state index in [1.165, 1.54) is 25.3 Å². The Morgan fingerprint density at radius 3 is 2.70 bits per heavy atom. The van der Waals surface area contributed by atoms with Crippen molar-refractivity contribution < 1.29 is 23.8 Å². The van der Waals surface area contributed by atoms with Crippen LogP contribution >= 0.6 is 11.6 Å². The molecule has 0 aliphatic heterocycles. The Balaban J connectivity index is 2.22. The Bertz CT molecular complexity index is 557. The minimum absolute atomic E-state index is 0.0353. The zero-order valence-electron chi connectivity index (χ0n) is 10.7. The first-order valence-corrected chi connectivity index (χ1v) is 6.30. The van der Waals surface area contributed by atoms with E-state index in [0.717, 1.165) is 0 Å². The molecule has 0 atom stereocenters. The maximum Gasteiger partial charge on any atom is 0.331 e. The molecule has 1 aromatic carbocycles. The number of carbonyl (C=O) groups excluding carboxylic acids is 2. The van der Waals surface area contributed by atoms with E-state index in [1.54, 1.807) is 0 Å². The van der Waals surface area contributed by atoms with E-state index in [0.29, 0.717) is 0 Å². The van der Waals surface area contributed by atoms with Crippen molar-refractivity contribution >= 4 is 23.5 Å². The van der Waals surface area contributed by atoms with Gasteiger partial charge in [0.2, 0.25) is 0 Å². The smallest absolute Gasteiger partial charge is 0.331 e. The van der Waals surface area contributed by atoms with Crippen LogP contribution in [0, 0.1) is 5.82 Å². The second-order valence-corrected chi connectivity index (χ2v) is 5.10. The van der Waals surface area contributed by atoms with Crippen molar-refractivity contribution in [2.75, 3.05) is 7.11 Å². The maximum absolute atomic E-state index is 13.8. The molecule has 7 heteroatoms. The molecule has 0 bridgehead atoms. The average Bonchev–Trinajstić information content (AvgIpc) is 2.38. The molecule has 0 aromatic heterocycles. The Labute approximate surface area is 119 Å². The molecule has 1 aliphatic rings. The van der Waals surface area contributed by atoms with Crippen LogP contribution in [-0.4, -0.2) is 35.7 Å². The van der Waals surface area contributed by atoms with E-state index in [1.807, 2.05) is 0 Å². The molecule has 2 rings (SSSR count). The van der Waals surface area contributed by atoms with Gasteiger partial charge in [-0.2, -0.15) is 0 Å². The van der Waals surface area contributed by atoms with Gasteiger partial charge in [-0.15, -0.1) is 0 Å². The predicted molar refractivity (Wildman–Crippen MR) is 68.9 cm³/mol. The Kier molecular flexibility index (Phi) is 3.96. The molecule has 0 unspecified atom stereocenters. The number of aliphatic hydroxyl groups excluding tert-OH is 1. The van der Waals surface area contributed by atoms with E-state index in [9.17, 15) is 19.1 Å². The molecule has 1 aromatic rings. The van der Waals surface area contributed by atoms with Crippen molar-refractivity contribution in [3.8, 4) is 0 Å². The highest BCUT2D eigenvalue weighted by molar-refractivity contribution is 6.31. The first-order valence-electron chi connectivity index (χ1n) is 5.92. The lowest BCUT2D eigenvalue weighted by molar-refractivity contribution is -0.157. The van der Waals surface area contributed by atoms with E-state index >= 15 is 0 Å². The van der Waals surface area contributed by atoms with Crippen molar-refractivity contribution in [2.24, 2.45) is 0 Å². The summed E-state index contributed by atoms with van der Waals surface area (Å²) in [5.74, 6) is -2.30. The van der Waals surface area contributed by atoms with E-state index in [4.69, 9.17) is 11.6 Å².